The Morgan fingerprint density at radius 2 is 1.77 bits per heavy atom. The lowest BCUT2D eigenvalue weighted by molar-refractivity contribution is -0.385. The van der Waals surface area contributed by atoms with E-state index >= 15 is 0 Å². The lowest BCUT2D eigenvalue weighted by Gasteiger charge is -2.37. The molecule has 0 amide bonds. The van der Waals surface area contributed by atoms with Crippen LogP contribution in [-0.4, -0.2) is 15.6 Å². The molecule has 1 aliphatic heterocycles. The van der Waals surface area contributed by atoms with Crippen molar-refractivity contribution in [2.24, 2.45) is 11.0 Å². The van der Waals surface area contributed by atoms with Crippen molar-refractivity contribution in [1.82, 2.24) is 0 Å². The first-order valence-corrected chi connectivity index (χ1v) is 11.3. The monoisotopic (exact) mass is 469 g/mol. The summed E-state index contributed by atoms with van der Waals surface area (Å²) in [6.45, 7) is 1.91. The molecule has 3 aromatic carbocycles. The van der Waals surface area contributed by atoms with Crippen LogP contribution < -0.4 is 10.7 Å². The number of non-ortho nitro benzene ring substituents is 2. The van der Waals surface area contributed by atoms with Crippen molar-refractivity contribution in [2.75, 3.05) is 10.7 Å². The van der Waals surface area contributed by atoms with Crippen LogP contribution in [0.4, 0.5) is 22.7 Å². The third kappa shape index (κ3) is 4.35. The van der Waals surface area contributed by atoms with E-state index in [1.165, 1.54) is 23.8 Å². The predicted molar refractivity (Wildman–Crippen MR) is 135 cm³/mol. The standard InChI is InChI=1S/C26H23N5O4/c1-16(28-29-19-9-11-20(12-10-19)30(32)33)17-8-13-25-24(15-17)22-6-3-7-23(22)26(27-25)18-4-2-5-21(14-18)31(34)35/h2-6,8-15,22-23,26-27,29H,7H2,1H3/b28-16+/t22-,23-,26-/m1/s1. The molecule has 9 heteroatoms. The Morgan fingerprint density at radius 3 is 2.51 bits per heavy atom. The van der Waals surface area contributed by atoms with E-state index in [1.807, 2.05) is 25.1 Å². The number of allylic oxidation sites excluding steroid dienone is 2. The van der Waals surface area contributed by atoms with Crippen LogP contribution in [0.3, 0.4) is 0 Å². The average molecular weight is 470 g/mol. The molecule has 0 unspecified atom stereocenters. The molecule has 3 atom stereocenters. The van der Waals surface area contributed by atoms with Crippen LogP contribution in [0.25, 0.3) is 0 Å². The molecular weight excluding hydrogens is 446 g/mol. The molecule has 0 fully saturated rings. The van der Waals surface area contributed by atoms with Crippen LogP contribution in [0, 0.1) is 26.1 Å². The number of benzene rings is 3. The number of hydrogen-bond acceptors (Lipinski definition) is 7. The zero-order valence-corrected chi connectivity index (χ0v) is 18.9. The van der Waals surface area contributed by atoms with Gasteiger partial charge in [0.25, 0.3) is 11.4 Å². The molecule has 0 saturated heterocycles. The van der Waals surface area contributed by atoms with Crippen LogP contribution in [0.5, 0.6) is 0 Å². The minimum atomic E-state index is -0.437. The quantitative estimate of drug-likeness (QED) is 0.193. The highest BCUT2D eigenvalue weighted by Gasteiger charge is 2.38. The van der Waals surface area contributed by atoms with Crippen molar-refractivity contribution in [2.45, 2.75) is 25.3 Å². The second-order valence-electron chi connectivity index (χ2n) is 8.74. The highest BCUT2D eigenvalue weighted by Crippen LogP contribution is 2.50. The van der Waals surface area contributed by atoms with Gasteiger partial charge in [0, 0.05) is 35.9 Å². The molecule has 0 spiro atoms. The Labute approximate surface area is 201 Å². The number of hydrogen-bond donors (Lipinski definition) is 2. The zero-order chi connectivity index (χ0) is 24.5. The second-order valence-corrected chi connectivity index (χ2v) is 8.74. The fraction of sp³-hybridized carbons (Fsp3) is 0.192. The first-order valence-electron chi connectivity index (χ1n) is 11.3. The number of fused-ring (bicyclic) bond motifs is 3. The van der Waals surface area contributed by atoms with Gasteiger partial charge in [-0.15, -0.1) is 0 Å². The minimum Gasteiger partial charge on any atom is -0.378 e. The minimum absolute atomic E-state index is 0.0215. The maximum atomic E-state index is 11.3. The number of nitrogens with one attached hydrogen (secondary N) is 2. The predicted octanol–water partition coefficient (Wildman–Crippen LogP) is 6.17. The van der Waals surface area contributed by atoms with Crippen molar-refractivity contribution in [1.29, 1.82) is 0 Å². The maximum Gasteiger partial charge on any atom is 0.269 e. The summed E-state index contributed by atoms with van der Waals surface area (Å²) in [6.07, 6.45) is 5.30. The van der Waals surface area contributed by atoms with Gasteiger partial charge in [0.1, 0.15) is 0 Å². The Hall–Kier alpha value is -4.53. The summed E-state index contributed by atoms with van der Waals surface area (Å²) in [4.78, 5) is 21.3. The molecule has 0 aromatic heterocycles. The largest absolute Gasteiger partial charge is 0.378 e. The van der Waals surface area contributed by atoms with E-state index in [4.69, 9.17) is 0 Å². The molecule has 2 aliphatic rings. The molecule has 5 rings (SSSR count). The van der Waals surface area contributed by atoms with Gasteiger partial charge in [-0.05, 0) is 60.2 Å². The Morgan fingerprint density at radius 1 is 1.00 bits per heavy atom. The molecule has 0 radical (unpaired) electrons. The van der Waals surface area contributed by atoms with Gasteiger partial charge < -0.3 is 5.32 Å². The highest BCUT2D eigenvalue weighted by atomic mass is 16.6. The highest BCUT2D eigenvalue weighted by molar-refractivity contribution is 5.99. The molecule has 3 aromatic rings. The topological polar surface area (TPSA) is 123 Å². The van der Waals surface area contributed by atoms with Gasteiger partial charge in [-0.1, -0.05) is 30.4 Å². The second kappa shape index (κ2) is 9.02. The smallest absolute Gasteiger partial charge is 0.269 e. The summed E-state index contributed by atoms with van der Waals surface area (Å²) in [5.41, 5.74) is 8.59. The first kappa shape index (κ1) is 22.3. The molecule has 35 heavy (non-hydrogen) atoms. The van der Waals surface area contributed by atoms with Gasteiger partial charge in [0.15, 0.2) is 0 Å². The number of nitro groups is 2. The SMILES string of the molecule is C/C(=N\Nc1ccc([N+](=O)[O-])cc1)c1ccc2c(c1)[C@@H]1C=CC[C@H]1[C@@H](c1cccc([N+](=O)[O-])c1)N2. The summed E-state index contributed by atoms with van der Waals surface area (Å²) in [5, 5.41) is 30.2. The summed E-state index contributed by atoms with van der Waals surface area (Å²) in [7, 11) is 0. The maximum absolute atomic E-state index is 11.3. The number of anilines is 2. The van der Waals surface area contributed by atoms with Gasteiger partial charge in [0.05, 0.1) is 27.3 Å². The third-order valence-electron chi connectivity index (χ3n) is 6.65. The summed E-state index contributed by atoms with van der Waals surface area (Å²) < 4.78 is 0. The van der Waals surface area contributed by atoms with E-state index in [1.54, 1.807) is 24.3 Å². The number of nitro benzene ring substituents is 2. The van der Waals surface area contributed by atoms with Crippen LogP contribution in [0.15, 0.2) is 84.0 Å². The molecule has 1 heterocycles. The lowest BCUT2D eigenvalue weighted by Crippen LogP contribution is -2.29. The normalized spacial score (nSPS) is 20.5. The van der Waals surface area contributed by atoms with Gasteiger partial charge in [-0.25, -0.2) is 0 Å². The van der Waals surface area contributed by atoms with Gasteiger partial charge in [-0.3, -0.25) is 25.7 Å². The molecular formula is C26H23N5O4. The lowest BCUT2D eigenvalue weighted by atomic mass is 9.76. The van der Waals surface area contributed by atoms with E-state index in [2.05, 4.69) is 34.1 Å². The van der Waals surface area contributed by atoms with Crippen LogP contribution >= 0.6 is 0 Å². The van der Waals surface area contributed by atoms with Crippen molar-refractivity contribution >= 4 is 28.5 Å². The Balaban J connectivity index is 1.39. The van der Waals surface area contributed by atoms with Crippen molar-refractivity contribution in [3.8, 4) is 0 Å². The van der Waals surface area contributed by atoms with Gasteiger partial charge >= 0.3 is 0 Å². The van der Waals surface area contributed by atoms with Crippen molar-refractivity contribution < 1.29 is 9.85 Å². The molecule has 1 aliphatic carbocycles. The van der Waals surface area contributed by atoms with Crippen molar-refractivity contribution in [3.05, 3.63) is 116 Å². The third-order valence-corrected chi connectivity index (χ3v) is 6.65. The fourth-order valence-electron chi connectivity index (χ4n) is 4.85. The van der Waals surface area contributed by atoms with E-state index in [9.17, 15) is 20.2 Å². The Kier molecular flexibility index (Phi) is 5.74. The van der Waals surface area contributed by atoms with Crippen LogP contribution in [0.2, 0.25) is 0 Å². The van der Waals surface area contributed by atoms with E-state index in [-0.39, 0.29) is 34.2 Å². The van der Waals surface area contributed by atoms with E-state index < -0.39 is 4.92 Å². The Bertz CT molecular complexity index is 1370. The van der Waals surface area contributed by atoms with Crippen molar-refractivity contribution in [3.63, 3.8) is 0 Å². The zero-order valence-electron chi connectivity index (χ0n) is 18.9. The first-order chi connectivity index (χ1) is 16.9. The number of nitrogens with zero attached hydrogens (tertiary/aromatic N) is 3. The van der Waals surface area contributed by atoms with Gasteiger partial charge in [-0.2, -0.15) is 5.10 Å². The summed E-state index contributed by atoms with van der Waals surface area (Å²) in [5.74, 6) is 0.459. The summed E-state index contributed by atoms with van der Waals surface area (Å²) >= 11 is 0. The van der Waals surface area contributed by atoms with Crippen LogP contribution in [-0.2, 0) is 0 Å². The van der Waals surface area contributed by atoms with Crippen LogP contribution in [0.1, 0.15) is 42.0 Å². The molecule has 9 nitrogen and oxygen atoms in total. The van der Waals surface area contributed by atoms with E-state index in [0.717, 1.165) is 28.9 Å². The molecule has 0 saturated carbocycles. The fourth-order valence-corrected chi connectivity index (χ4v) is 4.85. The summed E-state index contributed by atoms with van der Waals surface area (Å²) in [6, 6.07) is 19.1. The molecule has 2 N–H and O–H groups in total. The molecule has 176 valence electrons. The van der Waals surface area contributed by atoms with E-state index in [0.29, 0.717) is 5.69 Å². The number of hydrazone groups is 1. The average Bonchev–Trinajstić information content (AvgIpc) is 3.37. The molecule has 0 bridgehead atoms. The number of rotatable bonds is 6. The van der Waals surface area contributed by atoms with Gasteiger partial charge in [0.2, 0.25) is 0 Å².